The summed E-state index contributed by atoms with van der Waals surface area (Å²) in [7, 11) is 0. The quantitative estimate of drug-likeness (QED) is 0.471. The summed E-state index contributed by atoms with van der Waals surface area (Å²) in [5.74, 6) is -2.23. The highest BCUT2D eigenvalue weighted by molar-refractivity contribution is 6.67. The Labute approximate surface area is 117 Å². The second-order valence-corrected chi connectivity index (χ2v) is 3.90. The highest BCUT2D eigenvalue weighted by Gasteiger charge is 2.40. The van der Waals surface area contributed by atoms with Crippen LogP contribution in [0.5, 0.6) is 5.75 Å². The van der Waals surface area contributed by atoms with E-state index in [4.69, 9.17) is 23.2 Å². The lowest BCUT2D eigenvalue weighted by atomic mass is 10.1. The number of aromatic nitrogens is 1. The van der Waals surface area contributed by atoms with Crippen LogP contribution in [0.2, 0.25) is 0 Å². The molecule has 0 unspecified atom stereocenters. The van der Waals surface area contributed by atoms with Crippen molar-refractivity contribution in [2.45, 2.75) is 18.4 Å². The van der Waals surface area contributed by atoms with Gasteiger partial charge in [-0.2, -0.15) is 13.2 Å². The number of carbonyl (C=O) groups is 1. The van der Waals surface area contributed by atoms with Crippen LogP contribution in [0.25, 0.3) is 0 Å². The highest BCUT2D eigenvalue weighted by Crippen LogP contribution is 2.38. The van der Waals surface area contributed by atoms with E-state index in [1.54, 1.807) is 0 Å². The van der Waals surface area contributed by atoms with Crippen LogP contribution in [0, 0.1) is 0 Å². The first-order valence-electron chi connectivity index (χ1n) is 4.58. The molecule has 11 heteroatoms. The summed E-state index contributed by atoms with van der Waals surface area (Å²) >= 11 is 10.1. The van der Waals surface area contributed by atoms with Crippen LogP contribution in [0.1, 0.15) is 21.7 Å². The van der Waals surface area contributed by atoms with Crippen molar-refractivity contribution < 1.29 is 35.9 Å². The van der Waals surface area contributed by atoms with E-state index in [-0.39, 0.29) is 0 Å². The molecule has 0 radical (unpaired) electrons. The molecule has 0 bridgehead atoms. The molecular formula is C9H3Cl2F6NO2. The molecule has 0 spiro atoms. The average molecular weight is 342 g/mol. The van der Waals surface area contributed by atoms with Gasteiger partial charge >= 0.3 is 12.5 Å². The van der Waals surface area contributed by atoms with Gasteiger partial charge in [-0.05, 0) is 11.6 Å². The van der Waals surface area contributed by atoms with Gasteiger partial charge in [-0.1, -0.05) is 0 Å². The summed E-state index contributed by atoms with van der Waals surface area (Å²) in [6.45, 7) is 0. The van der Waals surface area contributed by atoms with Gasteiger partial charge in [0.05, 0.1) is 5.88 Å². The van der Waals surface area contributed by atoms with Gasteiger partial charge in [0.25, 0.3) is 5.24 Å². The average Bonchev–Trinajstić information content (AvgIpc) is 2.24. The topological polar surface area (TPSA) is 39.2 Å². The molecule has 1 heterocycles. The normalized spacial score (nSPS) is 12.4. The number of carbonyl (C=O) groups excluding carboxylic acids is 1. The predicted molar refractivity (Wildman–Crippen MR) is 55.7 cm³/mol. The van der Waals surface area contributed by atoms with Crippen molar-refractivity contribution in [3.63, 3.8) is 0 Å². The molecule has 0 aliphatic carbocycles. The van der Waals surface area contributed by atoms with Crippen molar-refractivity contribution in [1.82, 2.24) is 4.98 Å². The fraction of sp³-hybridized carbons (Fsp3) is 0.333. The van der Waals surface area contributed by atoms with E-state index in [9.17, 15) is 31.1 Å². The van der Waals surface area contributed by atoms with E-state index in [2.05, 4.69) is 9.72 Å². The maximum absolute atomic E-state index is 12.7. The minimum Gasteiger partial charge on any atom is -0.405 e. The lowest BCUT2D eigenvalue weighted by molar-refractivity contribution is -0.275. The van der Waals surface area contributed by atoms with E-state index >= 15 is 0 Å². The lowest BCUT2D eigenvalue weighted by Gasteiger charge is -2.17. The largest absolute Gasteiger partial charge is 0.573 e. The van der Waals surface area contributed by atoms with Gasteiger partial charge < -0.3 is 4.74 Å². The summed E-state index contributed by atoms with van der Waals surface area (Å²) in [6, 6.07) is 0.343. The number of hydrogen-bond donors (Lipinski definition) is 0. The number of alkyl halides is 7. The van der Waals surface area contributed by atoms with Gasteiger partial charge in [0.15, 0.2) is 5.69 Å². The van der Waals surface area contributed by atoms with Gasteiger partial charge in [0.1, 0.15) is 11.4 Å². The SMILES string of the molecule is O=C(Cl)c1cc(OC(F)(F)F)c(CCl)c(C(F)(F)F)n1. The van der Waals surface area contributed by atoms with Crippen molar-refractivity contribution in [3.05, 3.63) is 23.0 Å². The van der Waals surface area contributed by atoms with Gasteiger partial charge in [-0.3, -0.25) is 4.79 Å². The molecule has 0 aliphatic heterocycles. The fourth-order valence-corrected chi connectivity index (χ4v) is 1.58. The first-order valence-corrected chi connectivity index (χ1v) is 5.49. The number of hydrogen-bond acceptors (Lipinski definition) is 3. The van der Waals surface area contributed by atoms with Crippen LogP contribution >= 0.6 is 23.2 Å². The van der Waals surface area contributed by atoms with E-state index in [0.29, 0.717) is 6.07 Å². The zero-order valence-electron chi connectivity index (χ0n) is 9.07. The van der Waals surface area contributed by atoms with Crippen LogP contribution in [-0.4, -0.2) is 16.6 Å². The molecule has 0 fully saturated rings. The third-order valence-electron chi connectivity index (χ3n) is 1.91. The predicted octanol–water partition coefficient (Wildman–Crippen LogP) is 4.12. The third kappa shape index (κ3) is 4.14. The van der Waals surface area contributed by atoms with Crippen molar-refractivity contribution in [2.75, 3.05) is 0 Å². The highest BCUT2D eigenvalue weighted by atomic mass is 35.5. The third-order valence-corrected chi connectivity index (χ3v) is 2.37. The molecule has 0 saturated heterocycles. The van der Waals surface area contributed by atoms with Crippen molar-refractivity contribution in [3.8, 4) is 5.75 Å². The maximum atomic E-state index is 12.7. The minimum atomic E-state index is -5.27. The Morgan fingerprint density at radius 3 is 2.15 bits per heavy atom. The first-order chi connectivity index (χ1) is 8.95. The number of pyridine rings is 1. The van der Waals surface area contributed by atoms with Crippen LogP contribution in [0.4, 0.5) is 26.3 Å². The van der Waals surface area contributed by atoms with E-state index in [0.717, 1.165) is 0 Å². The Morgan fingerprint density at radius 1 is 1.25 bits per heavy atom. The smallest absolute Gasteiger partial charge is 0.405 e. The number of rotatable bonds is 3. The Hall–Kier alpha value is -1.22. The zero-order valence-corrected chi connectivity index (χ0v) is 10.6. The molecular weight excluding hydrogens is 339 g/mol. The van der Waals surface area contributed by atoms with Crippen molar-refractivity contribution >= 4 is 28.4 Å². The second-order valence-electron chi connectivity index (χ2n) is 3.29. The first kappa shape index (κ1) is 16.8. The summed E-state index contributed by atoms with van der Waals surface area (Å²) in [6.07, 6.45) is -10.4. The van der Waals surface area contributed by atoms with Crippen molar-refractivity contribution in [2.24, 2.45) is 0 Å². The van der Waals surface area contributed by atoms with Gasteiger partial charge in [0.2, 0.25) is 0 Å². The summed E-state index contributed by atoms with van der Waals surface area (Å²) in [5, 5.41) is -1.47. The molecule has 1 rings (SSSR count). The molecule has 0 aromatic carbocycles. The van der Waals surface area contributed by atoms with Gasteiger partial charge in [0, 0.05) is 11.6 Å². The Kier molecular flexibility index (Phi) is 4.75. The number of nitrogens with zero attached hydrogens (tertiary/aromatic N) is 1. The number of halogens is 8. The fourth-order valence-electron chi connectivity index (χ4n) is 1.23. The monoisotopic (exact) mass is 341 g/mol. The molecule has 1 aromatic heterocycles. The lowest BCUT2D eigenvalue weighted by Crippen LogP contribution is -2.21. The van der Waals surface area contributed by atoms with Gasteiger partial charge in [-0.15, -0.1) is 24.8 Å². The van der Waals surface area contributed by atoms with Gasteiger partial charge in [-0.25, -0.2) is 4.98 Å². The van der Waals surface area contributed by atoms with Crippen LogP contribution < -0.4 is 4.74 Å². The molecule has 112 valence electrons. The number of ether oxygens (including phenoxy) is 1. The zero-order chi connectivity index (χ0) is 15.7. The van der Waals surface area contributed by atoms with Crippen molar-refractivity contribution in [1.29, 1.82) is 0 Å². The van der Waals surface area contributed by atoms with E-state index in [1.165, 1.54) is 0 Å². The second kappa shape index (κ2) is 5.65. The Bertz CT molecular complexity index is 528. The van der Waals surface area contributed by atoms with Crippen LogP contribution in [0.15, 0.2) is 6.07 Å². The van der Waals surface area contributed by atoms with Crippen LogP contribution in [0.3, 0.4) is 0 Å². The molecule has 0 aliphatic rings. The standard InChI is InChI=1S/C9H3Cl2F6NO2/c10-2-3-5(20-9(15,16)17)1-4(7(11)19)18-6(3)8(12,13)14/h1H,2H2. The minimum absolute atomic E-state index is 0.343. The molecule has 0 N–H and O–H groups in total. The summed E-state index contributed by atoms with van der Waals surface area (Å²) in [4.78, 5) is 13.7. The molecule has 0 amide bonds. The summed E-state index contributed by atoms with van der Waals surface area (Å²) < 4.78 is 77.9. The summed E-state index contributed by atoms with van der Waals surface area (Å²) in [5.41, 5.74) is -3.84. The Balaban J connectivity index is 3.55. The molecule has 0 saturated carbocycles. The van der Waals surface area contributed by atoms with E-state index < -0.39 is 46.4 Å². The Morgan fingerprint density at radius 2 is 1.80 bits per heavy atom. The van der Waals surface area contributed by atoms with Crippen LogP contribution in [-0.2, 0) is 12.1 Å². The molecule has 3 nitrogen and oxygen atoms in total. The molecule has 20 heavy (non-hydrogen) atoms. The molecule has 0 atom stereocenters. The van der Waals surface area contributed by atoms with E-state index in [1.807, 2.05) is 0 Å². The maximum Gasteiger partial charge on any atom is 0.573 e. The molecule has 1 aromatic rings.